The molecule has 2 N–H and O–H groups in total. The number of rotatable bonds is 71. The van der Waals surface area contributed by atoms with Crippen LogP contribution in [0.25, 0.3) is 0 Å². The van der Waals surface area contributed by atoms with Gasteiger partial charge in [-0.15, -0.1) is 0 Å². The summed E-state index contributed by atoms with van der Waals surface area (Å²) in [6, 6.07) is -0.846. The van der Waals surface area contributed by atoms with Crippen LogP contribution >= 0.6 is 7.82 Å². The zero-order valence-corrected chi connectivity index (χ0v) is 59.9. The average Bonchev–Trinajstić information content (AvgIpc) is 3.70. The molecular weight excluding hydrogens is 1100 g/mol. The van der Waals surface area contributed by atoms with Crippen LogP contribution in [0.5, 0.6) is 0 Å². The van der Waals surface area contributed by atoms with Gasteiger partial charge in [-0.25, -0.2) is 4.57 Å². The standard InChI is InChI=1S/C77H149N2O7P/c1-7-10-13-16-19-22-25-28-30-32-34-36-38-39-41-42-44-46-48-51-54-57-60-63-66-69-76(80)78-74(73-85-87(82,83)84-72-71-79(4,5)6)75(68-65-62-59-56-53-50-27-24-21-18-15-12-9-3)86-77(81)70-67-64-61-58-55-52-49-47-45-43-40-37-35-33-31-29-26-23-20-17-14-11-8-2/h20,23,29,31,65,68,74-75H,7-19,21-22,24-28,30,32-64,66-67,69-73H2,1-6H3,(H-,78,80,82,83)/p+1/b23-20-,31-29-,68-65+. The summed E-state index contributed by atoms with van der Waals surface area (Å²) < 4.78 is 30.9. The first kappa shape index (κ1) is 85.2. The van der Waals surface area contributed by atoms with Crippen LogP contribution in [0.1, 0.15) is 393 Å². The Hall–Kier alpha value is -1.77. The third-order valence-corrected chi connectivity index (χ3v) is 18.6. The van der Waals surface area contributed by atoms with Crippen molar-refractivity contribution in [3.8, 4) is 0 Å². The number of unbranched alkanes of at least 4 members (excludes halogenated alkanes) is 51. The number of ether oxygens (including phenoxy) is 1. The lowest BCUT2D eigenvalue weighted by Crippen LogP contribution is -2.47. The lowest BCUT2D eigenvalue weighted by Gasteiger charge is -2.27. The summed E-state index contributed by atoms with van der Waals surface area (Å²) in [6.45, 7) is 7.07. The summed E-state index contributed by atoms with van der Waals surface area (Å²) in [5.41, 5.74) is 0. The fraction of sp³-hybridized carbons (Fsp3) is 0.896. The molecule has 0 saturated carbocycles. The molecule has 0 aliphatic rings. The lowest BCUT2D eigenvalue weighted by atomic mass is 10.0. The molecule has 0 aromatic carbocycles. The second-order valence-electron chi connectivity index (χ2n) is 27.5. The highest BCUT2D eigenvalue weighted by Crippen LogP contribution is 2.43. The molecule has 3 unspecified atom stereocenters. The molecule has 0 fully saturated rings. The van der Waals surface area contributed by atoms with E-state index in [1.54, 1.807) is 0 Å². The smallest absolute Gasteiger partial charge is 0.456 e. The number of esters is 1. The first-order valence-electron chi connectivity index (χ1n) is 38.3. The number of amides is 1. The topological polar surface area (TPSA) is 111 Å². The molecule has 0 aromatic rings. The predicted molar refractivity (Wildman–Crippen MR) is 379 cm³/mol. The van der Waals surface area contributed by atoms with Crippen molar-refractivity contribution >= 4 is 19.7 Å². The minimum Gasteiger partial charge on any atom is -0.456 e. The van der Waals surface area contributed by atoms with E-state index in [9.17, 15) is 19.0 Å². The van der Waals surface area contributed by atoms with Gasteiger partial charge < -0.3 is 19.4 Å². The largest absolute Gasteiger partial charge is 0.472 e. The maximum atomic E-state index is 13.7. The Morgan fingerprint density at radius 1 is 0.402 bits per heavy atom. The van der Waals surface area contributed by atoms with E-state index in [-0.39, 0.29) is 25.1 Å². The van der Waals surface area contributed by atoms with Crippen molar-refractivity contribution in [2.24, 2.45) is 0 Å². The fourth-order valence-corrected chi connectivity index (χ4v) is 12.4. The van der Waals surface area contributed by atoms with E-state index < -0.39 is 20.0 Å². The maximum Gasteiger partial charge on any atom is 0.472 e. The normalized spacial score (nSPS) is 13.6. The van der Waals surface area contributed by atoms with Gasteiger partial charge in [-0.1, -0.05) is 353 Å². The minimum atomic E-state index is -4.45. The number of phosphoric acid groups is 1. The first-order valence-corrected chi connectivity index (χ1v) is 39.8. The fourth-order valence-electron chi connectivity index (χ4n) is 11.7. The van der Waals surface area contributed by atoms with Gasteiger partial charge in [0.05, 0.1) is 33.8 Å². The molecule has 514 valence electrons. The van der Waals surface area contributed by atoms with Gasteiger partial charge in [-0.2, -0.15) is 0 Å². The number of nitrogens with zero attached hydrogens (tertiary/aromatic N) is 1. The van der Waals surface area contributed by atoms with Gasteiger partial charge in [0.1, 0.15) is 19.3 Å². The number of carbonyl (C=O) groups is 2. The van der Waals surface area contributed by atoms with Crippen LogP contribution in [0, 0.1) is 0 Å². The molecular formula is C77H150N2O7P+. The summed E-state index contributed by atoms with van der Waals surface area (Å²) in [4.78, 5) is 38.0. The van der Waals surface area contributed by atoms with Gasteiger partial charge in [-0.3, -0.25) is 18.6 Å². The van der Waals surface area contributed by atoms with Crippen LogP contribution in [-0.2, 0) is 27.9 Å². The summed E-state index contributed by atoms with van der Waals surface area (Å²) in [7, 11) is 1.52. The summed E-state index contributed by atoms with van der Waals surface area (Å²) in [5, 5.41) is 3.09. The summed E-state index contributed by atoms with van der Waals surface area (Å²) in [5.74, 6) is -0.482. The van der Waals surface area contributed by atoms with Crippen molar-refractivity contribution in [3.05, 3.63) is 36.5 Å². The molecule has 0 aliphatic heterocycles. The van der Waals surface area contributed by atoms with Crippen LogP contribution in [0.2, 0.25) is 0 Å². The summed E-state index contributed by atoms with van der Waals surface area (Å²) >= 11 is 0. The number of hydrogen-bond donors (Lipinski definition) is 2. The molecule has 9 nitrogen and oxygen atoms in total. The zero-order chi connectivity index (χ0) is 63.5. The van der Waals surface area contributed by atoms with Gasteiger partial charge in [-0.05, 0) is 63.9 Å². The number of allylic oxidation sites excluding steroid dienone is 5. The Morgan fingerprint density at radius 2 is 0.701 bits per heavy atom. The molecule has 0 heterocycles. The Morgan fingerprint density at radius 3 is 1.06 bits per heavy atom. The van der Waals surface area contributed by atoms with Crippen LogP contribution in [0.3, 0.4) is 0 Å². The molecule has 1 amide bonds. The predicted octanol–water partition coefficient (Wildman–Crippen LogP) is 24.6. The molecule has 10 heteroatoms. The third kappa shape index (κ3) is 68.4. The van der Waals surface area contributed by atoms with Gasteiger partial charge in [0, 0.05) is 12.8 Å². The van der Waals surface area contributed by atoms with Crippen molar-refractivity contribution in [2.45, 2.75) is 405 Å². The second kappa shape index (κ2) is 67.1. The lowest BCUT2D eigenvalue weighted by molar-refractivity contribution is -0.870. The van der Waals surface area contributed by atoms with E-state index in [4.69, 9.17) is 13.8 Å². The second-order valence-corrected chi connectivity index (χ2v) is 29.0. The van der Waals surface area contributed by atoms with Crippen molar-refractivity contribution in [1.29, 1.82) is 0 Å². The maximum absolute atomic E-state index is 13.7. The highest BCUT2D eigenvalue weighted by atomic mass is 31.2. The monoisotopic (exact) mass is 1250 g/mol. The SMILES string of the molecule is CCCCC/C=C\C/C=C\CCCCCCCCCCCCCCCC(=O)OC(/C=C/CCCCCCCCCCCCC)C(COP(=O)(O)OCC[N+](C)(C)C)NC(=O)CCCCCCCCCCCCCCCCCCCCCCCCCCC. The van der Waals surface area contributed by atoms with E-state index in [0.29, 0.717) is 23.9 Å². The minimum absolute atomic E-state index is 0.0436. The van der Waals surface area contributed by atoms with E-state index in [2.05, 4.69) is 56.5 Å². The molecule has 0 aromatic heterocycles. The number of likely N-dealkylation sites (N-methyl/N-ethyl adjacent to an activating group) is 1. The van der Waals surface area contributed by atoms with Gasteiger partial charge in [0.15, 0.2) is 0 Å². The van der Waals surface area contributed by atoms with Crippen molar-refractivity contribution < 1.29 is 37.3 Å². The molecule has 0 aliphatic carbocycles. The van der Waals surface area contributed by atoms with Crippen LogP contribution in [0.15, 0.2) is 36.5 Å². The van der Waals surface area contributed by atoms with Crippen molar-refractivity contribution in [1.82, 2.24) is 5.32 Å². The number of carbonyl (C=O) groups excluding carboxylic acids is 2. The average molecular weight is 1250 g/mol. The first-order chi connectivity index (χ1) is 42.4. The molecule has 0 saturated heterocycles. The molecule has 0 radical (unpaired) electrons. The highest BCUT2D eigenvalue weighted by molar-refractivity contribution is 7.47. The Labute approximate surface area is 542 Å². The van der Waals surface area contributed by atoms with Crippen molar-refractivity contribution in [2.75, 3.05) is 40.9 Å². The van der Waals surface area contributed by atoms with Gasteiger partial charge in [0.25, 0.3) is 0 Å². The molecule has 87 heavy (non-hydrogen) atoms. The molecule has 3 atom stereocenters. The van der Waals surface area contributed by atoms with E-state index in [1.165, 1.54) is 295 Å². The molecule has 0 rings (SSSR count). The quantitative estimate of drug-likeness (QED) is 0.0205. The zero-order valence-electron chi connectivity index (χ0n) is 59.0. The van der Waals surface area contributed by atoms with Crippen LogP contribution < -0.4 is 5.32 Å². The highest BCUT2D eigenvalue weighted by Gasteiger charge is 2.30. The van der Waals surface area contributed by atoms with Gasteiger partial charge in [0.2, 0.25) is 5.91 Å². The number of phosphoric ester groups is 1. The molecule has 0 spiro atoms. The molecule has 0 bridgehead atoms. The summed E-state index contributed by atoms with van der Waals surface area (Å²) in [6.07, 6.45) is 84.5. The van der Waals surface area contributed by atoms with Crippen LogP contribution in [-0.4, -0.2) is 74.3 Å². The van der Waals surface area contributed by atoms with E-state index >= 15 is 0 Å². The number of hydrogen-bond acceptors (Lipinski definition) is 6. The van der Waals surface area contributed by atoms with E-state index in [1.807, 2.05) is 27.2 Å². The Kier molecular flexibility index (Phi) is 65.8. The Balaban J connectivity index is 4.99. The van der Waals surface area contributed by atoms with Gasteiger partial charge >= 0.3 is 13.8 Å². The number of quaternary nitrogens is 1. The van der Waals surface area contributed by atoms with Crippen molar-refractivity contribution in [3.63, 3.8) is 0 Å². The number of nitrogens with one attached hydrogen (secondary N) is 1. The third-order valence-electron chi connectivity index (χ3n) is 17.6. The van der Waals surface area contributed by atoms with E-state index in [0.717, 1.165) is 64.2 Å². The van der Waals surface area contributed by atoms with Crippen LogP contribution in [0.4, 0.5) is 0 Å². The Bertz CT molecular complexity index is 1580.